The van der Waals surface area contributed by atoms with Gasteiger partial charge in [-0.2, -0.15) is 5.10 Å². The van der Waals surface area contributed by atoms with E-state index in [2.05, 4.69) is 20.4 Å². The van der Waals surface area contributed by atoms with E-state index in [-0.39, 0.29) is 6.10 Å². The average Bonchev–Trinajstić information content (AvgIpc) is 3.67. The van der Waals surface area contributed by atoms with E-state index in [4.69, 9.17) is 16.3 Å². The van der Waals surface area contributed by atoms with E-state index in [9.17, 15) is 4.79 Å². The molecule has 37 heavy (non-hydrogen) atoms. The Bertz CT molecular complexity index is 1610. The van der Waals surface area contributed by atoms with Crippen LogP contribution < -0.4 is 5.32 Å². The van der Waals surface area contributed by atoms with Crippen molar-refractivity contribution in [2.45, 2.75) is 31.8 Å². The number of imidazole rings is 1. The molecule has 1 fully saturated rings. The molecule has 0 saturated heterocycles. The van der Waals surface area contributed by atoms with Crippen molar-refractivity contribution in [1.29, 1.82) is 0 Å². The van der Waals surface area contributed by atoms with Crippen molar-refractivity contribution in [3.8, 4) is 22.5 Å². The number of aryl methyl sites for hydroxylation is 2. The van der Waals surface area contributed by atoms with Gasteiger partial charge in [0.1, 0.15) is 11.9 Å². The lowest BCUT2D eigenvalue weighted by Gasteiger charge is -2.15. The lowest BCUT2D eigenvalue weighted by Crippen LogP contribution is -2.20. The molecule has 10 heteroatoms. The first-order chi connectivity index (χ1) is 18.0. The summed E-state index contributed by atoms with van der Waals surface area (Å²) in [6.45, 7) is 0. The maximum atomic E-state index is 13.4. The molecule has 5 aromatic rings. The van der Waals surface area contributed by atoms with Crippen LogP contribution in [-0.4, -0.2) is 41.1 Å². The summed E-state index contributed by atoms with van der Waals surface area (Å²) in [4.78, 5) is 22.2. The van der Waals surface area contributed by atoms with Gasteiger partial charge in [-0.15, -0.1) is 0 Å². The Morgan fingerprint density at radius 1 is 1.05 bits per heavy atom. The molecular formula is C27H26ClN7O2. The van der Waals surface area contributed by atoms with Crippen molar-refractivity contribution < 1.29 is 9.53 Å². The summed E-state index contributed by atoms with van der Waals surface area (Å²) in [5.74, 6) is 0.563. The van der Waals surface area contributed by atoms with Gasteiger partial charge in [0.2, 0.25) is 0 Å². The van der Waals surface area contributed by atoms with Gasteiger partial charge >= 0.3 is 6.09 Å². The number of rotatable bonds is 5. The van der Waals surface area contributed by atoms with E-state index in [1.165, 1.54) is 0 Å². The zero-order valence-corrected chi connectivity index (χ0v) is 21.3. The molecule has 0 atom stereocenters. The van der Waals surface area contributed by atoms with Crippen LogP contribution in [0.4, 0.5) is 16.3 Å². The Labute approximate surface area is 218 Å². The van der Waals surface area contributed by atoms with Crippen LogP contribution in [0, 0.1) is 0 Å². The fourth-order valence-corrected chi connectivity index (χ4v) is 5.11. The molecule has 0 aliphatic heterocycles. The second-order valence-corrected chi connectivity index (χ2v) is 9.80. The number of nitrogens with zero attached hydrogens (tertiary/aromatic N) is 6. The fourth-order valence-electron chi connectivity index (χ4n) is 4.88. The van der Waals surface area contributed by atoms with Gasteiger partial charge in [-0.3, -0.25) is 4.68 Å². The second-order valence-electron chi connectivity index (χ2n) is 9.40. The molecule has 0 radical (unpaired) electrons. The van der Waals surface area contributed by atoms with Crippen LogP contribution in [-0.2, 0) is 18.8 Å². The lowest BCUT2D eigenvalue weighted by atomic mass is 10.1. The third-order valence-corrected chi connectivity index (χ3v) is 7.10. The van der Waals surface area contributed by atoms with Crippen LogP contribution in [0.25, 0.3) is 33.4 Å². The van der Waals surface area contributed by atoms with E-state index in [1.807, 2.05) is 55.2 Å². The maximum absolute atomic E-state index is 13.4. The highest BCUT2D eigenvalue weighted by atomic mass is 35.5. The number of pyridine rings is 1. The number of hydrogen-bond acceptors (Lipinski definition) is 6. The molecule has 1 aliphatic carbocycles. The first kappa shape index (κ1) is 23.3. The van der Waals surface area contributed by atoms with Gasteiger partial charge in [0.05, 0.1) is 46.3 Å². The Balaban J connectivity index is 1.36. The molecule has 1 aliphatic rings. The SMILES string of the molecule is Cn1cc(-c2cc3cnc(Nc4ccc(-c5cncn5C)cc4Cl)cc3n2C(=O)OC2CCCC2)cn1. The molecule has 9 nitrogen and oxygen atoms in total. The minimum atomic E-state index is -0.392. The van der Waals surface area contributed by atoms with E-state index < -0.39 is 6.09 Å². The molecule has 0 bridgehead atoms. The standard InChI is InChI=1S/C27H26ClN7O2/c1-33-16-29-14-25(33)17-7-8-22(21(28)9-17)32-26-11-24-18(12-30-26)10-23(19-13-31-34(2)15-19)35(24)27(36)37-20-5-3-4-6-20/h7-16,20H,3-6H2,1-2H3,(H,30,32). The minimum Gasteiger partial charge on any atom is -0.446 e. The largest absolute Gasteiger partial charge is 0.446 e. The molecule has 6 rings (SSSR count). The summed E-state index contributed by atoms with van der Waals surface area (Å²) in [5, 5.41) is 8.95. The third-order valence-electron chi connectivity index (χ3n) is 6.78. The number of carbonyl (C=O) groups is 1. The Morgan fingerprint density at radius 2 is 1.89 bits per heavy atom. The molecule has 1 N–H and O–H groups in total. The highest BCUT2D eigenvalue weighted by Gasteiger charge is 2.24. The van der Waals surface area contributed by atoms with Gasteiger partial charge in [0, 0.05) is 49.1 Å². The van der Waals surface area contributed by atoms with Crippen LogP contribution >= 0.6 is 11.6 Å². The number of nitrogens with one attached hydrogen (secondary N) is 1. The lowest BCUT2D eigenvalue weighted by molar-refractivity contribution is 0.104. The van der Waals surface area contributed by atoms with Gasteiger partial charge < -0.3 is 14.6 Å². The number of ether oxygens (including phenoxy) is 1. The molecule has 0 unspecified atom stereocenters. The van der Waals surface area contributed by atoms with Gasteiger partial charge in [-0.1, -0.05) is 17.7 Å². The molecule has 1 saturated carbocycles. The highest BCUT2D eigenvalue weighted by molar-refractivity contribution is 6.33. The van der Waals surface area contributed by atoms with Crippen LogP contribution in [0.2, 0.25) is 5.02 Å². The van der Waals surface area contributed by atoms with E-state index in [0.29, 0.717) is 27.7 Å². The summed E-state index contributed by atoms with van der Waals surface area (Å²) < 4.78 is 11.2. The number of fused-ring (bicyclic) bond motifs is 1. The van der Waals surface area contributed by atoms with Crippen molar-refractivity contribution in [3.05, 3.63) is 66.5 Å². The van der Waals surface area contributed by atoms with Crippen LogP contribution in [0.1, 0.15) is 25.7 Å². The quantitative estimate of drug-likeness (QED) is 0.301. The van der Waals surface area contributed by atoms with Crippen molar-refractivity contribution in [1.82, 2.24) is 28.9 Å². The zero-order chi connectivity index (χ0) is 25.5. The number of aromatic nitrogens is 6. The first-order valence-electron chi connectivity index (χ1n) is 12.2. The predicted molar refractivity (Wildman–Crippen MR) is 143 cm³/mol. The van der Waals surface area contributed by atoms with Gasteiger partial charge in [-0.05, 0) is 43.9 Å². The van der Waals surface area contributed by atoms with Gasteiger partial charge in [0.25, 0.3) is 0 Å². The highest BCUT2D eigenvalue weighted by Crippen LogP contribution is 2.33. The fraction of sp³-hybridized carbons (Fsp3) is 0.259. The van der Waals surface area contributed by atoms with Gasteiger partial charge in [-0.25, -0.2) is 19.3 Å². The minimum absolute atomic E-state index is 0.0529. The van der Waals surface area contributed by atoms with Crippen LogP contribution in [0.5, 0.6) is 0 Å². The van der Waals surface area contributed by atoms with Crippen molar-refractivity contribution in [3.63, 3.8) is 0 Å². The van der Waals surface area contributed by atoms with Crippen LogP contribution in [0.3, 0.4) is 0 Å². The van der Waals surface area contributed by atoms with Crippen molar-refractivity contribution in [2.24, 2.45) is 14.1 Å². The molecule has 0 amide bonds. The Kier molecular flexibility index (Phi) is 5.92. The zero-order valence-electron chi connectivity index (χ0n) is 20.6. The molecule has 4 heterocycles. The number of anilines is 2. The molecule has 0 spiro atoms. The second kappa shape index (κ2) is 9.40. The normalized spacial score (nSPS) is 13.9. The first-order valence-corrected chi connectivity index (χ1v) is 12.6. The molecular weight excluding hydrogens is 490 g/mol. The summed E-state index contributed by atoms with van der Waals surface area (Å²) in [7, 11) is 3.79. The average molecular weight is 516 g/mol. The van der Waals surface area contributed by atoms with Gasteiger partial charge in [0.15, 0.2) is 0 Å². The maximum Gasteiger partial charge on any atom is 0.419 e. The van der Waals surface area contributed by atoms with Crippen LogP contribution in [0.15, 0.2) is 61.4 Å². The Morgan fingerprint density at radius 3 is 2.59 bits per heavy atom. The third kappa shape index (κ3) is 4.46. The monoisotopic (exact) mass is 515 g/mol. The summed E-state index contributed by atoms with van der Waals surface area (Å²) in [5.41, 5.74) is 4.87. The number of halogens is 1. The Hall–Kier alpha value is -4.11. The van der Waals surface area contributed by atoms with E-state index in [1.54, 1.807) is 34.2 Å². The smallest absolute Gasteiger partial charge is 0.419 e. The summed E-state index contributed by atoms with van der Waals surface area (Å²) in [6.07, 6.45) is 12.4. The topological polar surface area (TPSA) is 91.8 Å². The molecule has 188 valence electrons. The molecule has 4 aromatic heterocycles. The number of benzene rings is 1. The van der Waals surface area contributed by atoms with Crippen molar-refractivity contribution >= 4 is 40.1 Å². The summed E-state index contributed by atoms with van der Waals surface area (Å²) >= 11 is 6.62. The predicted octanol–water partition coefficient (Wildman–Crippen LogP) is 6.16. The number of hydrogen-bond donors (Lipinski definition) is 1. The summed E-state index contributed by atoms with van der Waals surface area (Å²) in [6, 6.07) is 9.56. The molecule has 1 aromatic carbocycles. The number of carbonyl (C=O) groups excluding carboxylic acids is 1. The van der Waals surface area contributed by atoms with E-state index in [0.717, 1.165) is 47.9 Å². The van der Waals surface area contributed by atoms with E-state index >= 15 is 0 Å². The van der Waals surface area contributed by atoms with Crippen molar-refractivity contribution in [2.75, 3.05) is 5.32 Å².